The van der Waals surface area contributed by atoms with Gasteiger partial charge in [-0.3, -0.25) is 9.59 Å². The van der Waals surface area contributed by atoms with Crippen LogP contribution in [0.4, 0.5) is 0 Å². The van der Waals surface area contributed by atoms with Crippen LogP contribution in [0, 0.1) is 6.92 Å². The van der Waals surface area contributed by atoms with Gasteiger partial charge in [-0.15, -0.1) is 17.9 Å². The molecule has 2 aromatic rings. The molecule has 0 spiro atoms. The Hall–Kier alpha value is -2.45. The molecule has 0 aliphatic rings. The molecule has 8 heteroatoms. The first kappa shape index (κ1) is 19.9. The quantitative estimate of drug-likeness (QED) is 0.557. The molecular weight excluding hydrogens is 372 g/mol. The van der Waals surface area contributed by atoms with Crippen molar-refractivity contribution in [3.63, 3.8) is 0 Å². The van der Waals surface area contributed by atoms with Gasteiger partial charge in [-0.2, -0.15) is 0 Å². The van der Waals surface area contributed by atoms with E-state index >= 15 is 0 Å². The Morgan fingerprint density at radius 2 is 1.81 bits per heavy atom. The van der Waals surface area contributed by atoms with Crippen LogP contribution in [0.3, 0.4) is 0 Å². The highest BCUT2D eigenvalue weighted by atomic mass is 32.2. The van der Waals surface area contributed by atoms with Crippen molar-refractivity contribution in [1.82, 2.24) is 10.6 Å². The first-order valence-electron chi connectivity index (χ1n) is 7.87. The van der Waals surface area contributed by atoms with Gasteiger partial charge in [-0.05, 0) is 23.9 Å². The first-order chi connectivity index (χ1) is 12.4. The van der Waals surface area contributed by atoms with E-state index in [0.717, 1.165) is 16.9 Å². The lowest BCUT2D eigenvalue weighted by molar-refractivity contribution is -0.139. The standard InChI is InChI=1S/C18H20N2O4S2/c1-3-10-19-17(21)18(22)20-12-15(14-8-6-13(2)7-9-14)26(23,24)16-5-4-11-25-16/h3-9,11,15H,1,10,12H2,2H3,(H,19,21)(H,20,22)/t15-/m0/s1. The molecule has 6 nitrogen and oxygen atoms in total. The highest BCUT2D eigenvalue weighted by Crippen LogP contribution is 2.31. The molecule has 0 aliphatic heterocycles. The summed E-state index contributed by atoms with van der Waals surface area (Å²) in [5, 5.41) is 5.46. The fourth-order valence-corrected chi connectivity index (χ4v) is 5.13. The largest absolute Gasteiger partial charge is 0.346 e. The van der Waals surface area contributed by atoms with Gasteiger partial charge in [0.1, 0.15) is 9.46 Å². The predicted molar refractivity (Wildman–Crippen MR) is 102 cm³/mol. The number of carbonyl (C=O) groups excluding carboxylic acids is 2. The van der Waals surface area contributed by atoms with Gasteiger partial charge in [-0.1, -0.05) is 42.0 Å². The van der Waals surface area contributed by atoms with E-state index in [2.05, 4.69) is 17.2 Å². The summed E-state index contributed by atoms with van der Waals surface area (Å²) in [7, 11) is -3.71. The summed E-state index contributed by atoms with van der Waals surface area (Å²) in [6.45, 7) is 5.30. The number of benzene rings is 1. The van der Waals surface area contributed by atoms with Crippen LogP contribution in [0.1, 0.15) is 16.4 Å². The highest BCUT2D eigenvalue weighted by Gasteiger charge is 2.31. The number of hydrogen-bond donors (Lipinski definition) is 2. The fourth-order valence-electron chi connectivity index (χ4n) is 2.26. The zero-order valence-electron chi connectivity index (χ0n) is 14.3. The Kier molecular flexibility index (Phi) is 6.70. The summed E-state index contributed by atoms with van der Waals surface area (Å²) in [5.74, 6) is -1.72. The molecule has 1 atom stereocenters. The lowest BCUT2D eigenvalue weighted by Gasteiger charge is -2.18. The molecule has 2 rings (SSSR count). The lowest BCUT2D eigenvalue weighted by atomic mass is 10.1. The van der Waals surface area contributed by atoms with Gasteiger partial charge in [0, 0.05) is 13.1 Å². The van der Waals surface area contributed by atoms with Crippen LogP contribution < -0.4 is 10.6 Å². The normalized spacial score (nSPS) is 12.2. The maximum Gasteiger partial charge on any atom is 0.309 e. The zero-order chi connectivity index (χ0) is 19.2. The van der Waals surface area contributed by atoms with Crippen molar-refractivity contribution in [1.29, 1.82) is 0 Å². The van der Waals surface area contributed by atoms with Gasteiger partial charge in [0.05, 0.1) is 0 Å². The summed E-state index contributed by atoms with van der Waals surface area (Å²) in [6, 6.07) is 10.2. The molecule has 0 radical (unpaired) electrons. The number of rotatable bonds is 7. The van der Waals surface area contributed by atoms with Gasteiger partial charge < -0.3 is 10.6 Å². The van der Waals surface area contributed by atoms with E-state index in [1.54, 1.807) is 23.6 Å². The van der Waals surface area contributed by atoms with E-state index in [0.29, 0.717) is 5.56 Å². The van der Waals surface area contributed by atoms with E-state index in [1.165, 1.54) is 12.1 Å². The smallest absolute Gasteiger partial charge is 0.309 e. The number of sulfone groups is 1. The number of thiophene rings is 1. The molecule has 26 heavy (non-hydrogen) atoms. The maximum absolute atomic E-state index is 13.0. The number of aryl methyl sites for hydroxylation is 1. The molecule has 2 amide bonds. The summed E-state index contributed by atoms with van der Waals surface area (Å²) in [6.07, 6.45) is 1.45. The Bertz CT molecular complexity index is 872. The van der Waals surface area contributed by atoms with Crippen LogP contribution in [-0.4, -0.2) is 33.3 Å². The molecule has 1 heterocycles. The minimum atomic E-state index is -3.71. The van der Waals surface area contributed by atoms with Gasteiger partial charge in [0.2, 0.25) is 0 Å². The zero-order valence-corrected chi connectivity index (χ0v) is 15.9. The summed E-state index contributed by atoms with van der Waals surface area (Å²) in [5.41, 5.74) is 1.55. The van der Waals surface area contributed by atoms with E-state index in [9.17, 15) is 18.0 Å². The molecule has 138 valence electrons. The van der Waals surface area contributed by atoms with Crippen LogP contribution in [0.5, 0.6) is 0 Å². The Labute approximate surface area is 156 Å². The van der Waals surface area contributed by atoms with Crippen LogP contribution >= 0.6 is 11.3 Å². The second-order valence-corrected chi connectivity index (χ2v) is 8.89. The minimum Gasteiger partial charge on any atom is -0.346 e. The summed E-state index contributed by atoms with van der Waals surface area (Å²) in [4.78, 5) is 23.6. The number of amides is 2. The second-order valence-electron chi connectivity index (χ2n) is 5.59. The van der Waals surface area contributed by atoms with Crippen molar-refractivity contribution in [3.05, 3.63) is 65.6 Å². The van der Waals surface area contributed by atoms with Gasteiger partial charge >= 0.3 is 11.8 Å². The van der Waals surface area contributed by atoms with E-state index < -0.39 is 26.9 Å². The molecule has 0 aliphatic carbocycles. The van der Waals surface area contributed by atoms with Crippen LogP contribution in [0.25, 0.3) is 0 Å². The highest BCUT2D eigenvalue weighted by molar-refractivity contribution is 7.93. The van der Waals surface area contributed by atoms with E-state index in [1.807, 2.05) is 19.1 Å². The first-order valence-corrected chi connectivity index (χ1v) is 10.3. The topological polar surface area (TPSA) is 92.3 Å². The number of carbonyl (C=O) groups is 2. The maximum atomic E-state index is 13.0. The van der Waals surface area contributed by atoms with Crippen molar-refractivity contribution >= 4 is 33.0 Å². The van der Waals surface area contributed by atoms with Gasteiger partial charge in [0.15, 0.2) is 9.84 Å². The average molecular weight is 393 g/mol. The molecule has 0 fully saturated rings. The molecule has 2 N–H and O–H groups in total. The monoisotopic (exact) mass is 392 g/mol. The number of hydrogen-bond acceptors (Lipinski definition) is 5. The third-order valence-electron chi connectivity index (χ3n) is 3.66. The number of nitrogens with one attached hydrogen (secondary N) is 2. The Balaban J connectivity index is 2.24. The Morgan fingerprint density at radius 1 is 1.15 bits per heavy atom. The van der Waals surface area contributed by atoms with Crippen LogP contribution in [-0.2, 0) is 19.4 Å². The van der Waals surface area contributed by atoms with Crippen molar-refractivity contribution in [2.24, 2.45) is 0 Å². The van der Waals surface area contributed by atoms with Crippen LogP contribution in [0.2, 0.25) is 0 Å². The van der Waals surface area contributed by atoms with E-state index in [-0.39, 0.29) is 17.3 Å². The second kappa shape index (κ2) is 8.77. The van der Waals surface area contributed by atoms with Crippen molar-refractivity contribution in [2.45, 2.75) is 16.4 Å². The van der Waals surface area contributed by atoms with Crippen molar-refractivity contribution < 1.29 is 18.0 Å². The van der Waals surface area contributed by atoms with Gasteiger partial charge in [0.25, 0.3) is 0 Å². The predicted octanol–water partition coefficient (Wildman–Crippen LogP) is 1.99. The van der Waals surface area contributed by atoms with Gasteiger partial charge in [-0.25, -0.2) is 8.42 Å². The van der Waals surface area contributed by atoms with Crippen LogP contribution in [0.15, 0.2) is 58.6 Å². The summed E-state index contributed by atoms with van der Waals surface area (Å²) >= 11 is 1.12. The summed E-state index contributed by atoms with van der Waals surface area (Å²) < 4.78 is 26.2. The third-order valence-corrected chi connectivity index (χ3v) is 7.19. The minimum absolute atomic E-state index is 0.154. The van der Waals surface area contributed by atoms with Crippen molar-refractivity contribution in [2.75, 3.05) is 13.1 Å². The average Bonchev–Trinajstić information content (AvgIpc) is 3.16. The molecule has 0 bridgehead atoms. The Morgan fingerprint density at radius 3 is 2.38 bits per heavy atom. The lowest BCUT2D eigenvalue weighted by Crippen LogP contribution is -2.42. The van der Waals surface area contributed by atoms with E-state index in [4.69, 9.17) is 0 Å². The molecule has 0 saturated carbocycles. The molecule has 0 saturated heterocycles. The third kappa shape index (κ3) is 4.80. The molecule has 1 aromatic heterocycles. The molecular formula is C18H20N2O4S2. The van der Waals surface area contributed by atoms with Crippen molar-refractivity contribution in [3.8, 4) is 0 Å². The molecule has 1 aromatic carbocycles. The SMILES string of the molecule is C=CCNC(=O)C(=O)NC[C@@H](c1ccc(C)cc1)S(=O)(=O)c1cccs1. The molecule has 0 unspecified atom stereocenters. The fraction of sp³-hybridized carbons (Fsp3) is 0.222.